The second-order valence-electron chi connectivity index (χ2n) is 4.77. The van der Waals surface area contributed by atoms with Crippen molar-refractivity contribution in [2.45, 2.75) is 19.9 Å². The number of ether oxygens (including phenoxy) is 1. The van der Waals surface area contributed by atoms with E-state index in [-0.39, 0.29) is 12.2 Å². The van der Waals surface area contributed by atoms with Gasteiger partial charge in [-0.1, -0.05) is 0 Å². The van der Waals surface area contributed by atoms with Gasteiger partial charge in [-0.2, -0.15) is 0 Å². The highest BCUT2D eigenvalue weighted by molar-refractivity contribution is 6.00. The number of primary amides is 1. The van der Waals surface area contributed by atoms with E-state index in [1.165, 1.54) is 0 Å². The summed E-state index contributed by atoms with van der Waals surface area (Å²) in [5, 5.41) is 9.27. The Morgan fingerprint density at radius 1 is 1.50 bits per heavy atom. The molecule has 3 N–H and O–H groups in total. The standard InChI is InChI=1S/C13H17N3O4/c1-7-5-8(2)15-12(10(7)11(14)17)16-3-4-20-6-9(16)13(18)19/h5,9H,3-4,6H2,1-2H3,(H2,14,17)(H,18,19). The lowest BCUT2D eigenvalue weighted by atomic mass is 10.1. The van der Waals surface area contributed by atoms with Crippen LogP contribution in [0.1, 0.15) is 21.6 Å². The predicted octanol–water partition coefficient (Wildman–Crippen LogP) is 0.0871. The molecule has 7 nitrogen and oxygen atoms in total. The molecule has 108 valence electrons. The monoisotopic (exact) mass is 279 g/mol. The van der Waals surface area contributed by atoms with Gasteiger partial charge in [-0.3, -0.25) is 4.79 Å². The molecule has 0 aromatic carbocycles. The second-order valence-corrected chi connectivity index (χ2v) is 4.77. The van der Waals surface area contributed by atoms with Gasteiger partial charge in [0.15, 0.2) is 6.04 Å². The molecule has 20 heavy (non-hydrogen) atoms. The number of hydrogen-bond acceptors (Lipinski definition) is 5. The van der Waals surface area contributed by atoms with Crippen molar-refractivity contribution in [1.29, 1.82) is 0 Å². The van der Waals surface area contributed by atoms with Crippen molar-refractivity contribution in [3.05, 3.63) is 22.9 Å². The molecule has 1 atom stereocenters. The molecule has 1 saturated heterocycles. The average Bonchev–Trinajstić information content (AvgIpc) is 2.37. The molecule has 2 rings (SSSR count). The van der Waals surface area contributed by atoms with Gasteiger partial charge in [0.05, 0.1) is 18.8 Å². The molecule has 1 aromatic heterocycles. The molecule has 1 unspecified atom stereocenters. The molecule has 0 spiro atoms. The van der Waals surface area contributed by atoms with Crippen LogP contribution in [0.25, 0.3) is 0 Å². The summed E-state index contributed by atoms with van der Waals surface area (Å²) >= 11 is 0. The normalized spacial score (nSPS) is 18.9. The molecule has 0 aliphatic carbocycles. The summed E-state index contributed by atoms with van der Waals surface area (Å²) in [5.74, 6) is -1.30. The molecule has 1 aliphatic heterocycles. The molecule has 1 fully saturated rings. The fourth-order valence-corrected chi connectivity index (χ4v) is 2.39. The number of carboxylic acids is 1. The van der Waals surface area contributed by atoms with Gasteiger partial charge in [-0.25, -0.2) is 9.78 Å². The molecule has 0 bridgehead atoms. The minimum atomic E-state index is -1.01. The first-order chi connectivity index (χ1) is 9.41. The molecule has 0 radical (unpaired) electrons. The van der Waals surface area contributed by atoms with Crippen molar-refractivity contribution in [2.75, 3.05) is 24.7 Å². The van der Waals surface area contributed by atoms with E-state index in [2.05, 4.69) is 4.98 Å². The lowest BCUT2D eigenvalue weighted by Crippen LogP contribution is -2.51. The number of pyridine rings is 1. The van der Waals surface area contributed by atoms with Crippen molar-refractivity contribution in [3.63, 3.8) is 0 Å². The molecule has 7 heteroatoms. The number of rotatable bonds is 3. The Kier molecular flexibility index (Phi) is 3.89. The van der Waals surface area contributed by atoms with Gasteiger partial charge in [-0.05, 0) is 25.5 Å². The van der Waals surface area contributed by atoms with E-state index in [1.54, 1.807) is 24.8 Å². The summed E-state index contributed by atoms with van der Waals surface area (Å²) < 4.78 is 5.19. The molecule has 1 amide bonds. The van der Waals surface area contributed by atoms with Gasteiger partial charge in [0.1, 0.15) is 5.82 Å². The second kappa shape index (κ2) is 5.46. The average molecular weight is 279 g/mol. The van der Waals surface area contributed by atoms with Crippen LogP contribution in [0.5, 0.6) is 0 Å². The van der Waals surface area contributed by atoms with Crippen molar-refractivity contribution in [3.8, 4) is 0 Å². The lowest BCUT2D eigenvalue weighted by Gasteiger charge is -2.35. The molecular weight excluding hydrogens is 262 g/mol. The first-order valence-corrected chi connectivity index (χ1v) is 6.27. The van der Waals surface area contributed by atoms with Gasteiger partial charge < -0.3 is 20.5 Å². The van der Waals surface area contributed by atoms with Crippen molar-refractivity contribution in [1.82, 2.24) is 4.98 Å². The zero-order chi connectivity index (χ0) is 14.9. The molecule has 1 aromatic rings. The number of carbonyl (C=O) groups is 2. The van der Waals surface area contributed by atoms with Crippen LogP contribution in [0.4, 0.5) is 5.82 Å². The Morgan fingerprint density at radius 2 is 2.20 bits per heavy atom. The summed E-state index contributed by atoms with van der Waals surface area (Å²) in [6, 6.07) is 0.885. The van der Waals surface area contributed by atoms with E-state index < -0.39 is 17.9 Å². The summed E-state index contributed by atoms with van der Waals surface area (Å²) in [5.41, 5.74) is 7.07. The Morgan fingerprint density at radius 3 is 2.80 bits per heavy atom. The van der Waals surface area contributed by atoms with Crippen LogP contribution in [-0.4, -0.2) is 47.8 Å². The Bertz CT molecular complexity index is 559. The number of carbonyl (C=O) groups excluding carboxylic acids is 1. The van der Waals surface area contributed by atoms with Gasteiger partial charge in [0.25, 0.3) is 5.91 Å². The number of anilines is 1. The summed E-state index contributed by atoms with van der Waals surface area (Å²) in [4.78, 5) is 28.9. The van der Waals surface area contributed by atoms with Crippen molar-refractivity contribution >= 4 is 17.7 Å². The summed E-state index contributed by atoms with van der Waals surface area (Å²) in [6.07, 6.45) is 0. The topological polar surface area (TPSA) is 106 Å². The number of aryl methyl sites for hydroxylation is 2. The first kappa shape index (κ1) is 14.3. The van der Waals surface area contributed by atoms with Crippen LogP contribution >= 0.6 is 0 Å². The SMILES string of the molecule is Cc1cc(C)c(C(N)=O)c(N2CCOCC2C(=O)O)n1. The van der Waals surface area contributed by atoms with Crippen LogP contribution in [-0.2, 0) is 9.53 Å². The fraction of sp³-hybridized carbons (Fsp3) is 0.462. The van der Waals surface area contributed by atoms with Gasteiger partial charge >= 0.3 is 5.97 Å². The largest absolute Gasteiger partial charge is 0.480 e. The van der Waals surface area contributed by atoms with Crippen LogP contribution in [0.15, 0.2) is 6.07 Å². The smallest absolute Gasteiger partial charge is 0.328 e. The van der Waals surface area contributed by atoms with E-state index in [1.807, 2.05) is 0 Å². The molecule has 2 heterocycles. The van der Waals surface area contributed by atoms with E-state index in [0.717, 1.165) is 0 Å². The Hall–Kier alpha value is -2.15. The van der Waals surface area contributed by atoms with Crippen LogP contribution < -0.4 is 10.6 Å². The first-order valence-electron chi connectivity index (χ1n) is 6.27. The lowest BCUT2D eigenvalue weighted by molar-refractivity contribution is -0.141. The van der Waals surface area contributed by atoms with Crippen LogP contribution in [0.3, 0.4) is 0 Å². The highest BCUT2D eigenvalue weighted by atomic mass is 16.5. The van der Waals surface area contributed by atoms with Crippen molar-refractivity contribution < 1.29 is 19.4 Å². The Labute approximate surface area is 116 Å². The number of hydrogen-bond donors (Lipinski definition) is 2. The van der Waals surface area contributed by atoms with E-state index >= 15 is 0 Å². The maximum atomic E-state index is 11.6. The third-order valence-electron chi connectivity index (χ3n) is 3.26. The highest BCUT2D eigenvalue weighted by Gasteiger charge is 2.33. The minimum absolute atomic E-state index is 0.0577. The van der Waals surface area contributed by atoms with Crippen LogP contribution in [0.2, 0.25) is 0 Å². The highest BCUT2D eigenvalue weighted by Crippen LogP contribution is 2.25. The maximum Gasteiger partial charge on any atom is 0.328 e. The molecule has 0 saturated carbocycles. The number of amides is 1. The number of morpholine rings is 1. The quantitative estimate of drug-likeness (QED) is 0.812. The zero-order valence-corrected chi connectivity index (χ0v) is 11.4. The minimum Gasteiger partial charge on any atom is -0.480 e. The predicted molar refractivity (Wildman–Crippen MR) is 71.8 cm³/mol. The number of aromatic nitrogens is 1. The third kappa shape index (κ3) is 2.57. The van der Waals surface area contributed by atoms with Crippen LogP contribution in [0, 0.1) is 13.8 Å². The van der Waals surface area contributed by atoms with Gasteiger partial charge in [0.2, 0.25) is 0 Å². The van der Waals surface area contributed by atoms with E-state index in [0.29, 0.717) is 30.2 Å². The molecular formula is C13H17N3O4. The van der Waals surface area contributed by atoms with E-state index in [4.69, 9.17) is 10.5 Å². The van der Waals surface area contributed by atoms with E-state index in [9.17, 15) is 14.7 Å². The third-order valence-corrected chi connectivity index (χ3v) is 3.26. The number of nitrogens with two attached hydrogens (primary N) is 1. The maximum absolute atomic E-state index is 11.6. The van der Waals surface area contributed by atoms with Gasteiger partial charge in [-0.15, -0.1) is 0 Å². The summed E-state index contributed by atoms with van der Waals surface area (Å²) in [7, 11) is 0. The zero-order valence-electron chi connectivity index (χ0n) is 11.4. The molecule has 1 aliphatic rings. The number of aliphatic carboxylic acids is 1. The van der Waals surface area contributed by atoms with Gasteiger partial charge in [0, 0.05) is 12.2 Å². The number of nitrogens with zero attached hydrogens (tertiary/aromatic N) is 2. The fourth-order valence-electron chi connectivity index (χ4n) is 2.39. The van der Waals surface area contributed by atoms with Crippen molar-refractivity contribution in [2.24, 2.45) is 5.73 Å². The number of carboxylic acid groups (broad SMARTS) is 1. The summed E-state index contributed by atoms with van der Waals surface area (Å²) in [6.45, 7) is 4.35. The Balaban J connectivity index is 2.54.